The molecule has 21 heavy (non-hydrogen) atoms. The van der Waals surface area contributed by atoms with Crippen LogP contribution >= 0.6 is 0 Å². The molecule has 0 bridgehead atoms. The highest BCUT2D eigenvalue weighted by Gasteiger charge is 2.19. The van der Waals surface area contributed by atoms with Crippen molar-refractivity contribution in [3.05, 3.63) is 51.6 Å². The zero-order valence-electron chi connectivity index (χ0n) is 11.6. The molecule has 3 rings (SSSR count). The van der Waals surface area contributed by atoms with E-state index < -0.39 is 4.92 Å². The van der Waals surface area contributed by atoms with Crippen LogP contribution in [0.2, 0.25) is 0 Å². The Balaban J connectivity index is 1.67. The molecule has 1 aliphatic heterocycles. The highest BCUT2D eigenvalue weighted by atomic mass is 16.6. The first-order chi connectivity index (χ1) is 10.2. The van der Waals surface area contributed by atoms with Crippen molar-refractivity contribution >= 4 is 5.69 Å². The Labute approximate surface area is 121 Å². The number of nitro groups is 1. The van der Waals surface area contributed by atoms with Crippen molar-refractivity contribution in [2.75, 3.05) is 6.54 Å². The lowest BCUT2D eigenvalue weighted by Gasteiger charge is -2.20. The lowest BCUT2D eigenvalue weighted by atomic mass is 10.0. The van der Waals surface area contributed by atoms with E-state index in [4.69, 9.17) is 0 Å². The molecule has 2 aromatic rings. The lowest BCUT2D eigenvalue weighted by molar-refractivity contribution is -0.384. The molecule has 0 radical (unpaired) electrons. The fourth-order valence-corrected chi connectivity index (χ4v) is 2.55. The summed E-state index contributed by atoms with van der Waals surface area (Å²) in [6.45, 7) is 1.01. The summed E-state index contributed by atoms with van der Waals surface area (Å²) in [5.74, 6) is 1.60. The second-order valence-electron chi connectivity index (χ2n) is 5.24. The molecule has 0 spiro atoms. The van der Waals surface area contributed by atoms with Crippen LogP contribution in [0.4, 0.5) is 5.69 Å². The van der Waals surface area contributed by atoms with Gasteiger partial charge in [0.1, 0.15) is 5.82 Å². The molecule has 2 heterocycles. The van der Waals surface area contributed by atoms with Gasteiger partial charge in [-0.3, -0.25) is 15.2 Å². The molecule has 0 aliphatic carbocycles. The van der Waals surface area contributed by atoms with Crippen molar-refractivity contribution < 1.29 is 4.92 Å². The van der Waals surface area contributed by atoms with Crippen molar-refractivity contribution in [1.29, 1.82) is 0 Å². The van der Waals surface area contributed by atoms with E-state index >= 15 is 0 Å². The van der Waals surface area contributed by atoms with E-state index in [2.05, 4.69) is 20.5 Å². The fraction of sp³-hybridized carbons (Fsp3) is 0.429. The van der Waals surface area contributed by atoms with Crippen LogP contribution in [0, 0.1) is 10.1 Å². The second-order valence-corrected chi connectivity index (χ2v) is 5.24. The first-order valence-corrected chi connectivity index (χ1v) is 7.10. The first kappa shape index (κ1) is 13.7. The van der Waals surface area contributed by atoms with Crippen LogP contribution < -0.4 is 5.32 Å². The maximum absolute atomic E-state index is 10.6. The van der Waals surface area contributed by atoms with Crippen molar-refractivity contribution in [2.45, 2.75) is 31.7 Å². The van der Waals surface area contributed by atoms with Crippen LogP contribution in [0.15, 0.2) is 24.3 Å². The largest absolute Gasteiger partial charge is 0.307 e. The van der Waals surface area contributed by atoms with Gasteiger partial charge in [-0.05, 0) is 24.9 Å². The van der Waals surface area contributed by atoms with E-state index in [-0.39, 0.29) is 11.7 Å². The van der Waals surface area contributed by atoms with Gasteiger partial charge in [0.15, 0.2) is 5.82 Å². The first-order valence-electron chi connectivity index (χ1n) is 7.10. The molecule has 2 N–H and O–H groups in total. The Morgan fingerprint density at radius 3 is 2.76 bits per heavy atom. The number of piperidine rings is 1. The van der Waals surface area contributed by atoms with Gasteiger partial charge in [-0.25, -0.2) is 4.98 Å². The summed E-state index contributed by atoms with van der Waals surface area (Å²) >= 11 is 0. The number of hydrogen-bond acceptors (Lipinski definition) is 5. The molecule has 7 heteroatoms. The van der Waals surface area contributed by atoms with Gasteiger partial charge in [-0.15, -0.1) is 0 Å². The number of non-ortho nitro benzene ring substituents is 1. The van der Waals surface area contributed by atoms with Gasteiger partial charge in [-0.1, -0.05) is 18.6 Å². The summed E-state index contributed by atoms with van der Waals surface area (Å²) in [6.07, 6.45) is 4.06. The topological polar surface area (TPSA) is 96.7 Å². The van der Waals surface area contributed by atoms with Gasteiger partial charge in [0.2, 0.25) is 0 Å². The molecular weight excluding hydrogens is 270 g/mol. The minimum absolute atomic E-state index is 0.100. The second kappa shape index (κ2) is 6.01. The summed E-state index contributed by atoms with van der Waals surface area (Å²) in [7, 11) is 0. The van der Waals surface area contributed by atoms with Gasteiger partial charge in [0.25, 0.3) is 5.69 Å². The standard InChI is InChI=1S/C14H17N5O2/c20-19(21)11-6-4-10(5-7-11)9-13-16-14(18-17-13)12-3-1-2-8-15-12/h4-7,12,15H,1-3,8-9H2,(H,16,17,18). The molecule has 0 amide bonds. The third-order valence-electron chi connectivity index (χ3n) is 3.69. The Bertz CT molecular complexity index is 617. The average molecular weight is 287 g/mol. The number of benzene rings is 1. The highest BCUT2D eigenvalue weighted by Crippen LogP contribution is 2.20. The number of H-pyrrole nitrogens is 1. The lowest BCUT2D eigenvalue weighted by Crippen LogP contribution is -2.27. The quantitative estimate of drug-likeness (QED) is 0.663. The molecule has 1 aromatic heterocycles. The number of rotatable bonds is 4. The van der Waals surface area contributed by atoms with Crippen LogP contribution in [0.25, 0.3) is 0 Å². The number of hydrogen-bond donors (Lipinski definition) is 2. The Morgan fingerprint density at radius 2 is 2.10 bits per heavy atom. The maximum atomic E-state index is 10.6. The third-order valence-corrected chi connectivity index (χ3v) is 3.69. The van der Waals surface area contributed by atoms with Crippen LogP contribution in [0.3, 0.4) is 0 Å². The molecule has 1 atom stereocenters. The Morgan fingerprint density at radius 1 is 1.29 bits per heavy atom. The minimum Gasteiger partial charge on any atom is -0.307 e. The van der Waals surface area contributed by atoms with Gasteiger partial charge in [0.05, 0.1) is 11.0 Å². The summed E-state index contributed by atoms with van der Waals surface area (Å²) < 4.78 is 0. The predicted octanol–water partition coefficient (Wildman–Crippen LogP) is 2.12. The van der Waals surface area contributed by atoms with Gasteiger partial charge in [0, 0.05) is 18.6 Å². The third kappa shape index (κ3) is 3.25. The monoisotopic (exact) mass is 287 g/mol. The van der Waals surface area contributed by atoms with Crippen molar-refractivity contribution in [3.63, 3.8) is 0 Å². The van der Waals surface area contributed by atoms with Crippen molar-refractivity contribution in [2.24, 2.45) is 0 Å². The van der Waals surface area contributed by atoms with Crippen molar-refractivity contribution in [3.8, 4) is 0 Å². The molecule has 7 nitrogen and oxygen atoms in total. The Hall–Kier alpha value is -2.28. The summed E-state index contributed by atoms with van der Waals surface area (Å²) in [6, 6.07) is 6.75. The molecule has 1 saturated heterocycles. The predicted molar refractivity (Wildman–Crippen MR) is 76.9 cm³/mol. The van der Waals surface area contributed by atoms with E-state index in [1.165, 1.54) is 25.0 Å². The summed E-state index contributed by atoms with van der Waals surface area (Å²) in [5, 5.41) is 21.3. The molecule has 1 aliphatic rings. The van der Waals surface area contributed by atoms with E-state index in [9.17, 15) is 10.1 Å². The Kier molecular flexibility index (Phi) is 3.92. The van der Waals surface area contributed by atoms with Gasteiger partial charge in [-0.2, -0.15) is 5.10 Å². The molecule has 1 aromatic carbocycles. The number of aromatic nitrogens is 3. The number of aromatic amines is 1. The minimum atomic E-state index is -0.398. The van der Waals surface area contributed by atoms with Crippen LogP contribution in [-0.2, 0) is 6.42 Å². The van der Waals surface area contributed by atoms with Crippen LogP contribution in [0.5, 0.6) is 0 Å². The van der Waals surface area contributed by atoms with Crippen molar-refractivity contribution in [1.82, 2.24) is 20.5 Å². The zero-order valence-corrected chi connectivity index (χ0v) is 11.6. The van der Waals surface area contributed by atoms with Crippen LogP contribution in [0.1, 0.15) is 42.5 Å². The van der Waals surface area contributed by atoms with E-state index in [1.54, 1.807) is 12.1 Å². The summed E-state index contributed by atoms with van der Waals surface area (Å²) in [4.78, 5) is 14.7. The van der Waals surface area contributed by atoms with E-state index in [0.717, 1.165) is 30.2 Å². The number of nitro benzene ring substituents is 1. The zero-order chi connectivity index (χ0) is 14.7. The fourth-order valence-electron chi connectivity index (χ4n) is 2.55. The highest BCUT2D eigenvalue weighted by molar-refractivity contribution is 5.33. The van der Waals surface area contributed by atoms with Gasteiger partial charge >= 0.3 is 0 Å². The molecule has 1 unspecified atom stereocenters. The molecule has 1 fully saturated rings. The van der Waals surface area contributed by atoms with Gasteiger partial charge < -0.3 is 5.32 Å². The normalized spacial score (nSPS) is 18.6. The number of nitrogens with zero attached hydrogens (tertiary/aromatic N) is 3. The molecule has 0 saturated carbocycles. The van der Waals surface area contributed by atoms with E-state index in [0.29, 0.717) is 6.42 Å². The number of nitrogens with one attached hydrogen (secondary N) is 2. The van der Waals surface area contributed by atoms with Crippen LogP contribution in [-0.4, -0.2) is 26.6 Å². The van der Waals surface area contributed by atoms with E-state index in [1.807, 2.05) is 0 Å². The molecule has 110 valence electrons. The molecular formula is C14H17N5O2. The SMILES string of the molecule is O=[N+]([O-])c1ccc(Cc2nc(C3CCCCN3)n[nH]2)cc1. The average Bonchev–Trinajstić information content (AvgIpc) is 2.97. The smallest absolute Gasteiger partial charge is 0.269 e. The summed E-state index contributed by atoms with van der Waals surface area (Å²) in [5.41, 5.74) is 1.07. The maximum Gasteiger partial charge on any atom is 0.269 e.